The largest absolute Gasteiger partial charge is 0.325 e. The zero-order valence-corrected chi connectivity index (χ0v) is 17.8. The third kappa shape index (κ3) is 3.80. The van der Waals surface area contributed by atoms with Gasteiger partial charge < -0.3 is 5.32 Å². The number of thioether (sulfide) groups is 1. The van der Waals surface area contributed by atoms with E-state index in [0.29, 0.717) is 16.4 Å². The highest BCUT2D eigenvalue weighted by atomic mass is 32.2. The van der Waals surface area contributed by atoms with Gasteiger partial charge in [0.15, 0.2) is 5.16 Å². The zero-order chi connectivity index (χ0) is 20.5. The number of hydrogen-bond donors (Lipinski definition) is 1. The molecule has 1 aliphatic carbocycles. The normalized spacial score (nSPS) is 14.2. The van der Waals surface area contributed by atoms with Crippen molar-refractivity contribution in [1.82, 2.24) is 9.55 Å². The van der Waals surface area contributed by atoms with Crippen molar-refractivity contribution < 1.29 is 4.79 Å². The monoisotopic (exact) mass is 424 g/mol. The molecule has 1 unspecified atom stereocenters. The number of nitriles is 1. The van der Waals surface area contributed by atoms with E-state index < -0.39 is 5.25 Å². The molecule has 4 rings (SSSR count). The van der Waals surface area contributed by atoms with E-state index >= 15 is 0 Å². The van der Waals surface area contributed by atoms with Crippen molar-refractivity contribution in [3.8, 4) is 6.07 Å². The maximum atomic E-state index is 13.0. The lowest BCUT2D eigenvalue weighted by Gasteiger charge is -2.14. The lowest BCUT2D eigenvalue weighted by Crippen LogP contribution is -2.25. The van der Waals surface area contributed by atoms with Crippen LogP contribution < -0.4 is 10.9 Å². The number of benzene rings is 1. The quantitative estimate of drug-likeness (QED) is 0.507. The van der Waals surface area contributed by atoms with Gasteiger partial charge in [-0.15, -0.1) is 11.3 Å². The van der Waals surface area contributed by atoms with Crippen LogP contribution in [0.25, 0.3) is 10.2 Å². The number of carbonyl (C=O) groups is 1. The number of carbonyl (C=O) groups excluding carboxylic acids is 1. The van der Waals surface area contributed by atoms with E-state index in [4.69, 9.17) is 10.2 Å². The molecule has 148 valence electrons. The first kappa shape index (κ1) is 19.7. The fourth-order valence-electron chi connectivity index (χ4n) is 3.49. The standard InChI is InChI=1S/C21H20N4O2S2/c1-12(18(26)23-14-7-5-6-13(10-14)11-22)28-21-24-19-17(20(27)25(21)2)15-8-3-4-9-16(15)29-19/h5-7,10,12H,3-4,8-9H2,1-2H3,(H,23,26). The smallest absolute Gasteiger partial charge is 0.262 e. The van der Waals surface area contributed by atoms with Crippen LogP contribution in [0.1, 0.15) is 35.8 Å². The van der Waals surface area contributed by atoms with Crippen LogP contribution in [0.4, 0.5) is 5.69 Å². The molecule has 0 saturated heterocycles. The summed E-state index contributed by atoms with van der Waals surface area (Å²) < 4.78 is 1.55. The average Bonchev–Trinajstić information content (AvgIpc) is 3.10. The molecule has 1 aliphatic rings. The Morgan fingerprint density at radius 3 is 2.97 bits per heavy atom. The highest BCUT2D eigenvalue weighted by molar-refractivity contribution is 8.00. The Bertz CT molecular complexity index is 1210. The second kappa shape index (κ2) is 8.01. The van der Waals surface area contributed by atoms with E-state index in [0.717, 1.165) is 35.9 Å². The summed E-state index contributed by atoms with van der Waals surface area (Å²) in [6.07, 6.45) is 4.23. The maximum Gasteiger partial charge on any atom is 0.262 e. The Morgan fingerprint density at radius 1 is 1.38 bits per heavy atom. The number of thiophene rings is 1. The van der Waals surface area contributed by atoms with Crippen molar-refractivity contribution >= 4 is 44.9 Å². The van der Waals surface area contributed by atoms with Crippen LogP contribution in [0.3, 0.4) is 0 Å². The molecular formula is C21H20N4O2S2. The summed E-state index contributed by atoms with van der Waals surface area (Å²) in [7, 11) is 1.71. The van der Waals surface area contributed by atoms with Gasteiger partial charge in [-0.2, -0.15) is 5.26 Å². The van der Waals surface area contributed by atoms with Crippen LogP contribution in [0.15, 0.2) is 34.2 Å². The van der Waals surface area contributed by atoms with Gasteiger partial charge in [-0.1, -0.05) is 17.8 Å². The Labute approximate surface area is 176 Å². The van der Waals surface area contributed by atoms with Crippen molar-refractivity contribution in [2.45, 2.75) is 43.0 Å². The molecular weight excluding hydrogens is 404 g/mol. The molecule has 1 atom stereocenters. The number of anilines is 1. The number of aromatic nitrogens is 2. The number of aryl methyl sites for hydroxylation is 2. The highest BCUT2D eigenvalue weighted by Crippen LogP contribution is 2.35. The van der Waals surface area contributed by atoms with Crippen LogP contribution in [0.5, 0.6) is 0 Å². The predicted molar refractivity (Wildman–Crippen MR) is 117 cm³/mol. The molecule has 3 aromatic rings. The fourth-order valence-corrected chi connectivity index (χ4v) is 5.67. The van der Waals surface area contributed by atoms with Crippen LogP contribution in [-0.4, -0.2) is 20.7 Å². The molecule has 2 aromatic heterocycles. The van der Waals surface area contributed by atoms with Crippen molar-refractivity contribution in [2.24, 2.45) is 7.05 Å². The fraction of sp³-hybridized carbons (Fsp3) is 0.333. The Kier molecular flexibility index (Phi) is 5.43. The minimum Gasteiger partial charge on any atom is -0.325 e. The number of nitrogens with zero attached hydrogens (tertiary/aromatic N) is 3. The molecule has 0 fully saturated rings. The minimum absolute atomic E-state index is 0.0359. The van der Waals surface area contributed by atoms with Gasteiger partial charge in [0.25, 0.3) is 5.56 Å². The third-order valence-electron chi connectivity index (χ3n) is 5.07. The minimum atomic E-state index is -0.453. The van der Waals surface area contributed by atoms with E-state index in [1.165, 1.54) is 22.2 Å². The zero-order valence-electron chi connectivity index (χ0n) is 16.2. The maximum absolute atomic E-state index is 13.0. The third-order valence-corrected chi connectivity index (χ3v) is 7.40. The van der Waals surface area contributed by atoms with Crippen molar-refractivity contribution in [3.05, 3.63) is 50.6 Å². The van der Waals surface area contributed by atoms with E-state index in [9.17, 15) is 9.59 Å². The summed E-state index contributed by atoms with van der Waals surface area (Å²) in [4.78, 5) is 32.4. The summed E-state index contributed by atoms with van der Waals surface area (Å²) >= 11 is 2.87. The van der Waals surface area contributed by atoms with Gasteiger partial charge in [0.2, 0.25) is 5.91 Å². The van der Waals surface area contributed by atoms with E-state index in [1.807, 2.05) is 0 Å². The first-order valence-corrected chi connectivity index (χ1v) is 11.2. The van der Waals surface area contributed by atoms with Gasteiger partial charge in [0.1, 0.15) is 4.83 Å². The topological polar surface area (TPSA) is 87.8 Å². The van der Waals surface area contributed by atoms with Gasteiger partial charge in [0, 0.05) is 17.6 Å². The molecule has 0 spiro atoms. The Balaban J connectivity index is 1.58. The van der Waals surface area contributed by atoms with Crippen molar-refractivity contribution in [3.63, 3.8) is 0 Å². The molecule has 29 heavy (non-hydrogen) atoms. The van der Waals surface area contributed by atoms with Crippen LogP contribution in [0.2, 0.25) is 0 Å². The number of hydrogen-bond acceptors (Lipinski definition) is 6. The molecule has 8 heteroatoms. The van der Waals surface area contributed by atoms with Gasteiger partial charge in [-0.05, 0) is 56.4 Å². The molecule has 0 radical (unpaired) electrons. The van der Waals surface area contributed by atoms with Gasteiger partial charge >= 0.3 is 0 Å². The SMILES string of the molecule is CC(Sc1nc2sc3c(c2c(=O)n1C)CCCC3)C(=O)Nc1cccc(C#N)c1. The molecule has 2 heterocycles. The second-order valence-corrected chi connectivity index (χ2v) is 9.48. The molecule has 0 bridgehead atoms. The van der Waals surface area contributed by atoms with Crippen LogP contribution in [-0.2, 0) is 24.7 Å². The van der Waals surface area contributed by atoms with Gasteiger partial charge in [-0.25, -0.2) is 4.98 Å². The first-order valence-electron chi connectivity index (χ1n) is 9.47. The Morgan fingerprint density at radius 2 is 2.17 bits per heavy atom. The van der Waals surface area contributed by atoms with Gasteiger partial charge in [0.05, 0.1) is 22.3 Å². The summed E-state index contributed by atoms with van der Waals surface area (Å²) in [5, 5.41) is 12.7. The summed E-state index contributed by atoms with van der Waals surface area (Å²) in [6, 6.07) is 8.84. The molecule has 6 nitrogen and oxygen atoms in total. The van der Waals surface area contributed by atoms with Gasteiger partial charge in [-0.3, -0.25) is 14.2 Å². The second-order valence-electron chi connectivity index (χ2n) is 7.09. The Hall–Kier alpha value is -2.63. The molecule has 1 amide bonds. The van der Waals surface area contributed by atoms with Crippen molar-refractivity contribution in [2.75, 3.05) is 5.32 Å². The average molecular weight is 425 g/mol. The van der Waals surface area contributed by atoms with Crippen LogP contribution in [0, 0.1) is 11.3 Å². The number of rotatable bonds is 4. The number of nitrogens with one attached hydrogen (secondary N) is 1. The number of amides is 1. The first-order chi connectivity index (χ1) is 14.0. The summed E-state index contributed by atoms with van der Waals surface area (Å²) in [5.74, 6) is -0.204. The highest BCUT2D eigenvalue weighted by Gasteiger charge is 2.23. The predicted octanol–water partition coefficient (Wildman–Crippen LogP) is 3.86. The number of fused-ring (bicyclic) bond motifs is 3. The molecule has 1 aromatic carbocycles. The lowest BCUT2D eigenvalue weighted by atomic mass is 9.97. The summed E-state index contributed by atoms with van der Waals surface area (Å²) in [6.45, 7) is 1.78. The molecule has 1 N–H and O–H groups in total. The van der Waals surface area contributed by atoms with E-state index in [2.05, 4.69) is 11.4 Å². The van der Waals surface area contributed by atoms with E-state index in [-0.39, 0.29) is 11.5 Å². The lowest BCUT2D eigenvalue weighted by molar-refractivity contribution is -0.115. The van der Waals surface area contributed by atoms with Crippen LogP contribution >= 0.6 is 23.1 Å². The van der Waals surface area contributed by atoms with E-state index in [1.54, 1.807) is 54.1 Å². The van der Waals surface area contributed by atoms with Crippen molar-refractivity contribution in [1.29, 1.82) is 5.26 Å². The molecule has 0 saturated carbocycles. The molecule has 0 aliphatic heterocycles. The summed E-state index contributed by atoms with van der Waals surface area (Å²) in [5.41, 5.74) is 2.19.